The van der Waals surface area contributed by atoms with Crippen molar-refractivity contribution in [1.29, 1.82) is 0 Å². The van der Waals surface area contributed by atoms with Crippen molar-refractivity contribution in [1.82, 2.24) is 9.55 Å². The van der Waals surface area contributed by atoms with E-state index in [0.717, 1.165) is 28.7 Å². The molecule has 0 radical (unpaired) electrons. The first kappa shape index (κ1) is 14.6. The molecule has 0 aliphatic heterocycles. The lowest BCUT2D eigenvalue weighted by Crippen LogP contribution is -2.34. The fraction of sp³-hybridized carbons (Fsp3) is 0.357. The lowest BCUT2D eigenvalue weighted by atomic mass is 9.88. The summed E-state index contributed by atoms with van der Waals surface area (Å²) in [6.45, 7) is 2.01. The molecule has 0 bridgehead atoms. The van der Waals surface area contributed by atoms with Crippen LogP contribution in [0.15, 0.2) is 35.1 Å². The number of aromatic nitrogens is 2. The molecule has 0 aliphatic carbocycles. The first-order valence-electron chi connectivity index (χ1n) is 6.11. The summed E-state index contributed by atoms with van der Waals surface area (Å²) in [5.74, 6) is 1.03. The zero-order chi connectivity index (χ0) is 14.0. The van der Waals surface area contributed by atoms with Gasteiger partial charge in [0.25, 0.3) is 0 Å². The van der Waals surface area contributed by atoms with Gasteiger partial charge in [0.1, 0.15) is 5.82 Å². The first-order chi connectivity index (χ1) is 8.90. The molecule has 1 unspecified atom stereocenters. The van der Waals surface area contributed by atoms with E-state index in [1.807, 2.05) is 42.9 Å². The van der Waals surface area contributed by atoms with Gasteiger partial charge >= 0.3 is 0 Å². The Morgan fingerprint density at radius 2 is 2.21 bits per heavy atom. The lowest BCUT2D eigenvalue weighted by molar-refractivity contribution is 0.445. The molecule has 1 aromatic carbocycles. The van der Waals surface area contributed by atoms with Gasteiger partial charge in [-0.05, 0) is 31.0 Å². The monoisotopic (exact) mass is 341 g/mol. The van der Waals surface area contributed by atoms with Gasteiger partial charge in [0, 0.05) is 40.9 Å². The van der Waals surface area contributed by atoms with Crippen LogP contribution < -0.4 is 5.73 Å². The van der Waals surface area contributed by atoms with E-state index in [-0.39, 0.29) is 0 Å². The molecule has 19 heavy (non-hydrogen) atoms. The predicted molar refractivity (Wildman–Crippen MR) is 82.2 cm³/mol. The highest BCUT2D eigenvalue weighted by molar-refractivity contribution is 9.10. The number of imidazole rings is 1. The van der Waals surface area contributed by atoms with E-state index in [4.69, 9.17) is 17.3 Å². The summed E-state index contributed by atoms with van der Waals surface area (Å²) in [6.07, 6.45) is 5.35. The Balaban J connectivity index is 2.15. The Morgan fingerprint density at radius 1 is 1.47 bits per heavy atom. The van der Waals surface area contributed by atoms with Crippen LogP contribution in [-0.2, 0) is 19.0 Å². The standard InChI is InChI=1S/C14H17BrClN3/c1-14(17,6-5-13-18-7-8-19(13)2)11-4-3-10(15)9-12(11)16/h3-4,7-9H,5-6,17H2,1-2H3. The smallest absolute Gasteiger partial charge is 0.108 e. The highest BCUT2D eigenvalue weighted by Gasteiger charge is 2.24. The Bertz CT molecular complexity index is 578. The van der Waals surface area contributed by atoms with Crippen LogP contribution >= 0.6 is 27.5 Å². The van der Waals surface area contributed by atoms with Crippen LogP contribution in [-0.4, -0.2) is 9.55 Å². The van der Waals surface area contributed by atoms with Gasteiger partial charge in [-0.25, -0.2) is 4.98 Å². The van der Waals surface area contributed by atoms with Crippen molar-refractivity contribution in [3.05, 3.63) is 51.5 Å². The van der Waals surface area contributed by atoms with E-state index in [1.165, 1.54) is 0 Å². The van der Waals surface area contributed by atoms with Gasteiger partial charge in [0.15, 0.2) is 0 Å². The van der Waals surface area contributed by atoms with Crippen molar-refractivity contribution >= 4 is 27.5 Å². The minimum absolute atomic E-state index is 0.469. The molecule has 0 spiro atoms. The van der Waals surface area contributed by atoms with Gasteiger partial charge in [0.2, 0.25) is 0 Å². The number of nitrogens with two attached hydrogens (primary N) is 1. The minimum atomic E-state index is -0.469. The molecule has 1 atom stereocenters. The number of halogens is 2. The molecule has 3 nitrogen and oxygen atoms in total. The van der Waals surface area contributed by atoms with Gasteiger partial charge in [-0.1, -0.05) is 33.6 Å². The third-order valence-corrected chi connectivity index (χ3v) is 4.14. The molecular formula is C14H17BrClN3. The average Bonchev–Trinajstić information content (AvgIpc) is 2.72. The number of rotatable bonds is 4. The van der Waals surface area contributed by atoms with Crippen LogP contribution in [0.3, 0.4) is 0 Å². The van der Waals surface area contributed by atoms with Crippen LogP contribution in [0.2, 0.25) is 5.02 Å². The second kappa shape index (κ2) is 5.65. The Hall–Kier alpha value is -0.840. The van der Waals surface area contributed by atoms with Crippen molar-refractivity contribution in [2.45, 2.75) is 25.3 Å². The van der Waals surface area contributed by atoms with Crippen LogP contribution in [0.25, 0.3) is 0 Å². The maximum atomic E-state index is 6.42. The summed E-state index contributed by atoms with van der Waals surface area (Å²) in [4.78, 5) is 4.32. The number of aryl methyl sites for hydroxylation is 2. The van der Waals surface area contributed by atoms with Crippen LogP contribution in [0.5, 0.6) is 0 Å². The summed E-state index contributed by atoms with van der Waals surface area (Å²) < 4.78 is 2.97. The zero-order valence-corrected chi connectivity index (χ0v) is 13.4. The first-order valence-corrected chi connectivity index (χ1v) is 7.28. The topological polar surface area (TPSA) is 43.8 Å². The fourth-order valence-corrected chi connectivity index (χ4v) is 2.99. The maximum absolute atomic E-state index is 6.42. The molecule has 0 fully saturated rings. The third kappa shape index (κ3) is 3.38. The van der Waals surface area contributed by atoms with E-state index in [2.05, 4.69) is 20.9 Å². The predicted octanol–water partition coefficient (Wildman–Crippen LogP) is 3.64. The van der Waals surface area contributed by atoms with E-state index in [1.54, 1.807) is 6.20 Å². The zero-order valence-electron chi connectivity index (χ0n) is 11.0. The lowest BCUT2D eigenvalue weighted by Gasteiger charge is -2.26. The second-order valence-corrected chi connectivity index (χ2v) is 6.32. The summed E-state index contributed by atoms with van der Waals surface area (Å²) in [7, 11) is 1.99. The number of hydrogen-bond acceptors (Lipinski definition) is 2. The van der Waals surface area contributed by atoms with E-state index in [9.17, 15) is 0 Å². The van der Waals surface area contributed by atoms with Gasteiger partial charge in [-0.2, -0.15) is 0 Å². The van der Waals surface area contributed by atoms with Crippen LogP contribution in [0.1, 0.15) is 24.7 Å². The van der Waals surface area contributed by atoms with Gasteiger partial charge < -0.3 is 10.3 Å². The molecule has 0 saturated carbocycles. The van der Waals surface area contributed by atoms with Crippen molar-refractivity contribution in [3.8, 4) is 0 Å². The molecule has 0 aliphatic rings. The molecule has 102 valence electrons. The van der Waals surface area contributed by atoms with E-state index in [0.29, 0.717) is 5.02 Å². The molecule has 0 amide bonds. The Labute approximate surface area is 126 Å². The average molecular weight is 343 g/mol. The molecule has 2 rings (SSSR count). The fourth-order valence-electron chi connectivity index (χ4n) is 2.10. The van der Waals surface area contributed by atoms with Crippen molar-refractivity contribution < 1.29 is 0 Å². The Morgan fingerprint density at radius 3 is 2.79 bits per heavy atom. The second-order valence-electron chi connectivity index (χ2n) is 5.00. The molecule has 1 heterocycles. The van der Waals surface area contributed by atoms with E-state index < -0.39 is 5.54 Å². The number of nitrogens with zero attached hydrogens (tertiary/aromatic N) is 2. The largest absolute Gasteiger partial charge is 0.338 e. The third-order valence-electron chi connectivity index (χ3n) is 3.34. The molecule has 1 aromatic heterocycles. The number of hydrogen-bond donors (Lipinski definition) is 1. The van der Waals surface area contributed by atoms with Crippen molar-refractivity contribution in [3.63, 3.8) is 0 Å². The normalized spacial score (nSPS) is 14.4. The summed E-state index contributed by atoms with van der Waals surface area (Å²) in [5, 5.41) is 0.694. The summed E-state index contributed by atoms with van der Waals surface area (Å²) in [6, 6.07) is 5.82. The molecular weight excluding hydrogens is 326 g/mol. The van der Waals surface area contributed by atoms with Gasteiger partial charge in [0.05, 0.1) is 0 Å². The molecule has 2 N–H and O–H groups in total. The molecule has 2 aromatic rings. The quantitative estimate of drug-likeness (QED) is 0.922. The molecule has 5 heteroatoms. The van der Waals surface area contributed by atoms with Crippen molar-refractivity contribution in [2.75, 3.05) is 0 Å². The minimum Gasteiger partial charge on any atom is -0.338 e. The Kier molecular flexibility index (Phi) is 4.33. The summed E-state index contributed by atoms with van der Waals surface area (Å²) >= 11 is 9.68. The summed E-state index contributed by atoms with van der Waals surface area (Å²) in [5.41, 5.74) is 6.91. The SMILES string of the molecule is Cn1ccnc1CCC(C)(N)c1ccc(Br)cc1Cl. The highest BCUT2D eigenvalue weighted by Crippen LogP contribution is 2.31. The van der Waals surface area contributed by atoms with E-state index >= 15 is 0 Å². The highest BCUT2D eigenvalue weighted by atomic mass is 79.9. The van der Waals surface area contributed by atoms with Crippen LogP contribution in [0.4, 0.5) is 0 Å². The van der Waals surface area contributed by atoms with Gasteiger partial charge in [-0.15, -0.1) is 0 Å². The van der Waals surface area contributed by atoms with Crippen molar-refractivity contribution in [2.24, 2.45) is 12.8 Å². The molecule has 0 saturated heterocycles. The maximum Gasteiger partial charge on any atom is 0.108 e. The van der Waals surface area contributed by atoms with Gasteiger partial charge in [-0.3, -0.25) is 0 Å². The number of benzene rings is 1. The van der Waals surface area contributed by atoms with Crippen LogP contribution in [0, 0.1) is 0 Å².